The summed E-state index contributed by atoms with van der Waals surface area (Å²) in [6.07, 6.45) is 1.83. The number of esters is 1. The quantitative estimate of drug-likeness (QED) is 0.643. The molecule has 0 aliphatic carbocycles. The van der Waals surface area contributed by atoms with Crippen molar-refractivity contribution in [2.45, 2.75) is 6.92 Å². The molecule has 3 heteroatoms. The van der Waals surface area contributed by atoms with E-state index in [0.29, 0.717) is 6.61 Å². The molecule has 0 aromatic heterocycles. The summed E-state index contributed by atoms with van der Waals surface area (Å²) in [5, 5.41) is 8.33. The molecule has 0 unspecified atom stereocenters. The van der Waals surface area contributed by atoms with E-state index in [-0.39, 0.29) is 12.2 Å². The zero-order chi connectivity index (χ0) is 13.1. The van der Waals surface area contributed by atoms with Gasteiger partial charge in [0.2, 0.25) is 0 Å². The molecule has 0 radical (unpaired) electrons. The maximum atomic E-state index is 10.5. The second-order valence-corrected chi connectivity index (χ2v) is 3.10. The minimum atomic E-state index is -0.528. The first-order chi connectivity index (χ1) is 8.15. The molecule has 0 bridgehead atoms. The summed E-state index contributed by atoms with van der Waals surface area (Å²) in [6, 6.07) is 10.0. The molecule has 0 atom stereocenters. The Hall–Kier alpha value is -1.87. The minimum Gasteiger partial charge on any atom is -0.463 e. The van der Waals surface area contributed by atoms with Gasteiger partial charge in [0.05, 0.1) is 18.8 Å². The topological polar surface area (TPSA) is 46.5 Å². The summed E-state index contributed by atoms with van der Waals surface area (Å²) < 4.78 is 4.50. The van der Waals surface area contributed by atoms with E-state index in [9.17, 15) is 4.79 Å². The summed E-state index contributed by atoms with van der Waals surface area (Å²) in [5.74, 6) is -0.528. The van der Waals surface area contributed by atoms with Crippen LogP contribution >= 0.6 is 0 Å². The van der Waals surface area contributed by atoms with Crippen LogP contribution < -0.4 is 0 Å². The van der Waals surface area contributed by atoms with E-state index in [4.69, 9.17) is 5.11 Å². The van der Waals surface area contributed by atoms with Gasteiger partial charge in [0.15, 0.2) is 0 Å². The Balaban J connectivity index is 0.000000302. The molecular weight excluding hydrogens is 216 g/mol. The number of benzene rings is 1. The predicted molar refractivity (Wildman–Crippen MR) is 69.4 cm³/mol. The average molecular weight is 234 g/mol. The van der Waals surface area contributed by atoms with Gasteiger partial charge in [-0.05, 0) is 12.5 Å². The predicted octanol–water partition coefficient (Wildman–Crippen LogP) is 2.43. The van der Waals surface area contributed by atoms with Crippen molar-refractivity contribution in [1.82, 2.24) is 0 Å². The molecule has 0 saturated heterocycles. The van der Waals surface area contributed by atoms with Crippen LogP contribution in [-0.4, -0.2) is 24.3 Å². The molecule has 0 amide bonds. The highest BCUT2D eigenvalue weighted by Crippen LogP contribution is 1.97. The maximum absolute atomic E-state index is 10.5. The van der Waals surface area contributed by atoms with Gasteiger partial charge in [0.1, 0.15) is 0 Å². The van der Waals surface area contributed by atoms with Gasteiger partial charge in [-0.1, -0.05) is 49.6 Å². The van der Waals surface area contributed by atoms with Gasteiger partial charge in [-0.3, -0.25) is 0 Å². The van der Waals surface area contributed by atoms with Crippen molar-refractivity contribution in [2.24, 2.45) is 0 Å². The second kappa shape index (κ2) is 9.36. The zero-order valence-corrected chi connectivity index (χ0v) is 10.1. The summed E-state index contributed by atoms with van der Waals surface area (Å²) in [5.41, 5.74) is 1.27. The lowest BCUT2D eigenvalue weighted by atomic mass is 10.2. The Bertz CT molecular complexity index is 355. The highest BCUT2D eigenvalue weighted by Gasteiger charge is 2.03. The molecule has 0 aliphatic heterocycles. The van der Waals surface area contributed by atoms with Gasteiger partial charge in [-0.15, -0.1) is 0 Å². The first-order valence-corrected chi connectivity index (χ1v) is 5.28. The van der Waals surface area contributed by atoms with E-state index in [1.54, 1.807) is 6.92 Å². The molecule has 1 aromatic carbocycles. The number of aliphatic hydroxyl groups is 1. The number of rotatable bonds is 4. The van der Waals surface area contributed by atoms with E-state index in [0.717, 1.165) is 0 Å². The van der Waals surface area contributed by atoms with Crippen LogP contribution in [0.3, 0.4) is 0 Å². The highest BCUT2D eigenvalue weighted by atomic mass is 16.5. The molecule has 0 aliphatic rings. The van der Waals surface area contributed by atoms with Crippen LogP contribution in [0.25, 0.3) is 6.08 Å². The Morgan fingerprint density at radius 3 is 2.35 bits per heavy atom. The number of aliphatic hydroxyl groups excluding tert-OH is 1. The maximum Gasteiger partial charge on any atom is 0.335 e. The average Bonchev–Trinajstić information content (AvgIpc) is 2.39. The fourth-order valence-electron chi connectivity index (χ4n) is 0.887. The standard InChI is InChI=1S/C8H8.C6H10O3/c1-2-8-6-4-3-5-7-8;1-3-9-6(8)5(2)4-7/h2-7H,1H2;7H,2-4H2,1H3. The van der Waals surface area contributed by atoms with E-state index < -0.39 is 5.97 Å². The lowest BCUT2D eigenvalue weighted by Crippen LogP contribution is -2.08. The van der Waals surface area contributed by atoms with Gasteiger partial charge >= 0.3 is 5.97 Å². The Morgan fingerprint density at radius 2 is 2.00 bits per heavy atom. The number of ether oxygens (including phenoxy) is 1. The van der Waals surface area contributed by atoms with E-state index in [2.05, 4.69) is 17.9 Å². The SMILES string of the molecule is C=C(CO)C(=O)OCC.C=Cc1ccccc1. The molecule has 3 nitrogen and oxygen atoms in total. The van der Waals surface area contributed by atoms with Crippen LogP contribution in [0.4, 0.5) is 0 Å². The zero-order valence-electron chi connectivity index (χ0n) is 10.1. The van der Waals surface area contributed by atoms with Gasteiger partial charge in [-0.25, -0.2) is 4.79 Å². The monoisotopic (exact) mass is 234 g/mol. The number of carbonyl (C=O) groups is 1. The minimum absolute atomic E-state index is 0.0943. The number of hydrogen-bond donors (Lipinski definition) is 1. The van der Waals surface area contributed by atoms with Gasteiger partial charge in [0, 0.05) is 0 Å². The van der Waals surface area contributed by atoms with Crippen LogP contribution in [0.2, 0.25) is 0 Å². The summed E-state index contributed by atoms with van der Waals surface area (Å²) >= 11 is 0. The van der Waals surface area contributed by atoms with Crippen molar-refractivity contribution in [2.75, 3.05) is 13.2 Å². The first-order valence-electron chi connectivity index (χ1n) is 5.28. The Kier molecular flexibility index (Phi) is 8.33. The van der Waals surface area contributed by atoms with Crippen molar-refractivity contribution in [3.05, 3.63) is 54.6 Å². The van der Waals surface area contributed by atoms with Crippen LogP contribution in [0.15, 0.2) is 49.1 Å². The van der Waals surface area contributed by atoms with Crippen LogP contribution in [-0.2, 0) is 9.53 Å². The van der Waals surface area contributed by atoms with Gasteiger partial charge in [0.25, 0.3) is 0 Å². The third-order valence-electron chi connectivity index (χ3n) is 1.79. The molecule has 1 aromatic rings. The lowest BCUT2D eigenvalue weighted by Gasteiger charge is -1.99. The lowest BCUT2D eigenvalue weighted by molar-refractivity contribution is -0.138. The number of hydrogen-bond acceptors (Lipinski definition) is 3. The van der Waals surface area contributed by atoms with E-state index >= 15 is 0 Å². The van der Waals surface area contributed by atoms with Crippen molar-refractivity contribution in [1.29, 1.82) is 0 Å². The molecule has 1 N–H and O–H groups in total. The van der Waals surface area contributed by atoms with E-state index in [1.807, 2.05) is 36.4 Å². The third kappa shape index (κ3) is 7.09. The van der Waals surface area contributed by atoms with Crippen LogP contribution in [0.1, 0.15) is 12.5 Å². The molecule has 1 rings (SSSR count). The van der Waals surface area contributed by atoms with Gasteiger partial charge in [-0.2, -0.15) is 0 Å². The normalized spacial score (nSPS) is 8.59. The summed E-state index contributed by atoms with van der Waals surface area (Å²) in [4.78, 5) is 10.5. The fourth-order valence-corrected chi connectivity index (χ4v) is 0.887. The molecule has 0 heterocycles. The smallest absolute Gasteiger partial charge is 0.335 e. The molecule has 0 saturated carbocycles. The van der Waals surface area contributed by atoms with Crippen molar-refractivity contribution in [3.63, 3.8) is 0 Å². The largest absolute Gasteiger partial charge is 0.463 e. The Morgan fingerprint density at radius 1 is 1.41 bits per heavy atom. The Labute approximate surface area is 102 Å². The molecule has 92 valence electrons. The second-order valence-electron chi connectivity index (χ2n) is 3.10. The molecule has 0 spiro atoms. The summed E-state index contributed by atoms with van der Waals surface area (Å²) in [7, 11) is 0. The molecular formula is C14H18O3. The summed E-state index contributed by atoms with van der Waals surface area (Å²) in [6.45, 7) is 8.58. The number of carbonyl (C=O) groups excluding carboxylic acids is 1. The van der Waals surface area contributed by atoms with Gasteiger partial charge < -0.3 is 9.84 Å². The van der Waals surface area contributed by atoms with Crippen molar-refractivity contribution in [3.8, 4) is 0 Å². The molecule has 0 fully saturated rings. The van der Waals surface area contributed by atoms with Crippen LogP contribution in [0.5, 0.6) is 0 Å². The van der Waals surface area contributed by atoms with Crippen molar-refractivity contribution < 1.29 is 14.6 Å². The van der Waals surface area contributed by atoms with Crippen LogP contribution in [0, 0.1) is 0 Å². The molecule has 17 heavy (non-hydrogen) atoms. The van der Waals surface area contributed by atoms with Crippen molar-refractivity contribution >= 4 is 12.0 Å². The fraction of sp³-hybridized carbons (Fsp3) is 0.214. The highest BCUT2D eigenvalue weighted by molar-refractivity contribution is 5.87. The third-order valence-corrected chi connectivity index (χ3v) is 1.79. The van der Waals surface area contributed by atoms with E-state index in [1.165, 1.54) is 5.56 Å². The first kappa shape index (κ1) is 15.1.